The number of hydrogen-bond acceptors (Lipinski definition) is 5. The fourth-order valence-corrected chi connectivity index (χ4v) is 2.15. The molecule has 5 nitrogen and oxygen atoms in total. The summed E-state index contributed by atoms with van der Waals surface area (Å²) >= 11 is 0. The monoisotopic (exact) mass is 286 g/mol. The van der Waals surface area contributed by atoms with Crippen LogP contribution in [0.25, 0.3) is 0 Å². The molecule has 1 atom stereocenters. The Balaban J connectivity index is 0.00000180. The van der Waals surface area contributed by atoms with Gasteiger partial charge in [-0.2, -0.15) is 0 Å². The Bertz CT molecular complexity index is 464. The number of halogens is 1. The van der Waals surface area contributed by atoms with E-state index in [0.717, 1.165) is 11.1 Å². The van der Waals surface area contributed by atoms with E-state index in [0.29, 0.717) is 24.5 Å². The summed E-state index contributed by atoms with van der Waals surface area (Å²) in [5, 5.41) is 3.14. The number of carbonyl (C=O) groups excluding carboxylic acids is 1. The Morgan fingerprint density at radius 1 is 1.16 bits per heavy atom. The van der Waals surface area contributed by atoms with Gasteiger partial charge >= 0.3 is 5.97 Å². The van der Waals surface area contributed by atoms with Gasteiger partial charge in [-0.15, -0.1) is 0 Å². The molecule has 0 radical (unpaired) electrons. The van der Waals surface area contributed by atoms with Crippen LogP contribution in [0.4, 0.5) is 0 Å². The molecule has 1 unspecified atom stereocenters. The van der Waals surface area contributed by atoms with E-state index in [-0.39, 0.29) is 24.4 Å². The molecule has 1 aliphatic heterocycles. The fraction of sp³-hybridized carbons (Fsp3) is 0.462. The van der Waals surface area contributed by atoms with Crippen molar-refractivity contribution in [2.75, 3.05) is 21.3 Å². The van der Waals surface area contributed by atoms with Gasteiger partial charge in [-0.1, -0.05) is 0 Å². The second kappa shape index (κ2) is 6.63. The highest BCUT2D eigenvalue weighted by atomic mass is 35.5. The zero-order valence-corrected chi connectivity index (χ0v) is 11.9. The Morgan fingerprint density at radius 3 is 2.26 bits per heavy atom. The smallest absolute Gasteiger partial charge is 0.323 e. The molecule has 6 heteroatoms. The molecular weight excluding hydrogens is 270 g/mol. The third-order valence-corrected chi connectivity index (χ3v) is 3.15. The van der Waals surface area contributed by atoms with E-state index in [1.807, 2.05) is 12.1 Å². The molecule has 0 fully saturated rings. The Labute approximate surface area is 118 Å². The lowest BCUT2D eigenvalue weighted by Crippen LogP contribution is -3.00. The van der Waals surface area contributed by atoms with E-state index in [2.05, 4.69) is 5.32 Å². The predicted octanol–water partition coefficient (Wildman–Crippen LogP) is -2.10. The third kappa shape index (κ3) is 3.11. The molecule has 0 amide bonds. The summed E-state index contributed by atoms with van der Waals surface area (Å²) in [6.07, 6.45) is 0.600. The van der Waals surface area contributed by atoms with Crippen LogP contribution < -0.4 is 27.2 Å². The molecule has 0 saturated heterocycles. The van der Waals surface area contributed by atoms with Crippen LogP contribution in [0.3, 0.4) is 0 Å². The van der Waals surface area contributed by atoms with Crippen molar-refractivity contribution in [1.82, 2.24) is 5.32 Å². The van der Waals surface area contributed by atoms with Gasteiger partial charge in [0.05, 0.1) is 21.3 Å². The molecule has 2 rings (SSSR count). The number of nitrogens with one attached hydrogen (secondary N) is 1. The van der Waals surface area contributed by atoms with E-state index >= 15 is 0 Å². The predicted molar refractivity (Wildman–Crippen MR) is 65.9 cm³/mol. The van der Waals surface area contributed by atoms with Crippen LogP contribution in [-0.2, 0) is 22.5 Å². The Hall–Kier alpha value is -1.46. The summed E-state index contributed by atoms with van der Waals surface area (Å²) in [4.78, 5) is 11.5. The maximum absolute atomic E-state index is 11.5. The van der Waals surface area contributed by atoms with Gasteiger partial charge in [0, 0.05) is 6.54 Å². The summed E-state index contributed by atoms with van der Waals surface area (Å²) < 4.78 is 15.3. The number of benzene rings is 1. The van der Waals surface area contributed by atoms with Crippen LogP contribution in [0.2, 0.25) is 0 Å². The standard InChI is InChI=1S/C13H17NO4.ClH/c1-16-11-5-8-4-10(13(15)18-3)14-7-9(8)6-12(11)17-2;/h5-6,10,14H,4,7H2,1-3H3;1H/p-1. The Kier molecular flexibility index (Phi) is 5.44. The number of fused-ring (bicyclic) bond motifs is 1. The summed E-state index contributed by atoms with van der Waals surface area (Å²) in [6.45, 7) is 0.620. The highest BCUT2D eigenvalue weighted by molar-refractivity contribution is 5.76. The SMILES string of the molecule is COC(=O)C1Cc2cc(OC)c(OC)cc2CN1.[Cl-]. The normalized spacial score (nSPS) is 16.9. The molecule has 0 bridgehead atoms. The first kappa shape index (κ1) is 15.6. The molecule has 0 spiro atoms. The summed E-state index contributed by atoms with van der Waals surface area (Å²) in [6, 6.07) is 3.57. The van der Waals surface area contributed by atoms with E-state index in [4.69, 9.17) is 14.2 Å². The molecule has 19 heavy (non-hydrogen) atoms. The quantitative estimate of drug-likeness (QED) is 0.645. The summed E-state index contributed by atoms with van der Waals surface area (Å²) in [5.74, 6) is 1.15. The van der Waals surface area contributed by atoms with Gasteiger partial charge < -0.3 is 31.9 Å². The van der Waals surface area contributed by atoms with E-state index in [1.54, 1.807) is 14.2 Å². The van der Waals surface area contributed by atoms with Crippen molar-refractivity contribution >= 4 is 5.97 Å². The van der Waals surface area contributed by atoms with Crippen LogP contribution in [0.5, 0.6) is 11.5 Å². The van der Waals surface area contributed by atoms with Crippen LogP contribution in [0, 0.1) is 0 Å². The lowest BCUT2D eigenvalue weighted by molar-refractivity contribution is -0.143. The van der Waals surface area contributed by atoms with Gasteiger partial charge in [0.1, 0.15) is 6.04 Å². The van der Waals surface area contributed by atoms with Gasteiger partial charge in [0.25, 0.3) is 0 Å². The van der Waals surface area contributed by atoms with Crippen molar-refractivity contribution in [3.63, 3.8) is 0 Å². The van der Waals surface area contributed by atoms with Gasteiger partial charge in [-0.05, 0) is 29.7 Å². The second-order valence-electron chi connectivity index (χ2n) is 4.14. The number of rotatable bonds is 3. The molecule has 1 heterocycles. The molecular formula is C13H17ClNO4-. The van der Waals surface area contributed by atoms with Crippen molar-refractivity contribution < 1.29 is 31.4 Å². The minimum atomic E-state index is -0.291. The minimum Gasteiger partial charge on any atom is -1.00 e. The third-order valence-electron chi connectivity index (χ3n) is 3.15. The molecule has 1 aliphatic rings. The van der Waals surface area contributed by atoms with Crippen molar-refractivity contribution in [2.45, 2.75) is 19.0 Å². The largest absolute Gasteiger partial charge is 1.00 e. The van der Waals surface area contributed by atoms with Gasteiger partial charge in [0.2, 0.25) is 0 Å². The lowest BCUT2D eigenvalue weighted by atomic mass is 9.95. The molecule has 1 aromatic rings. The molecule has 106 valence electrons. The maximum Gasteiger partial charge on any atom is 0.323 e. The fourth-order valence-electron chi connectivity index (χ4n) is 2.15. The van der Waals surface area contributed by atoms with Crippen LogP contribution >= 0.6 is 0 Å². The number of methoxy groups -OCH3 is 3. The maximum atomic E-state index is 11.5. The molecule has 0 saturated carbocycles. The van der Waals surface area contributed by atoms with Gasteiger partial charge in [-0.25, -0.2) is 0 Å². The highest BCUT2D eigenvalue weighted by Crippen LogP contribution is 2.32. The number of carbonyl (C=O) groups is 1. The van der Waals surface area contributed by atoms with Crippen LogP contribution in [0.1, 0.15) is 11.1 Å². The Morgan fingerprint density at radius 2 is 1.74 bits per heavy atom. The zero-order chi connectivity index (χ0) is 13.1. The van der Waals surface area contributed by atoms with E-state index < -0.39 is 0 Å². The van der Waals surface area contributed by atoms with Crippen molar-refractivity contribution in [3.05, 3.63) is 23.3 Å². The summed E-state index contributed by atoms with van der Waals surface area (Å²) in [5.41, 5.74) is 2.20. The second-order valence-corrected chi connectivity index (χ2v) is 4.14. The first-order valence-corrected chi connectivity index (χ1v) is 5.74. The highest BCUT2D eigenvalue weighted by Gasteiger charge is 2.26. The average molecular weight is 287 g/mol. The van der Waals surface area contributed by atoms with Gasteiger partial charge in [-0.3, -0.25) is 4.79 Å². The molecule has 1 N–H and O–H groups in total. The van der Waals surface area contributed by atoms with E-state index in [9.17, 15) is 4.79 Å². The number of esters is 1. The number of ether oxygens (including phenoxy) is 3. The summed E-state index contributed by atoms with van der Waals surface area (Å²) in [7, 11) is 4.61. The lowest BCUT2D eigenvalue weighted by Gasteiger charge is -2.25. The molecule has 0 aliphatic carbocycles. The number of hydrogen-bond donors (Lipinski definition) is 1. The van der Waals surface area contributed by atoms with Crippen LogP contribution in [-0.4, -0.2) is 33.3 Å². The topological polar surface area (TPSA) is 56.8 Å². The van der Waals surface area contributed by atoms with Crippen molar-refractivity contribution in [2.24, 2.45) is 0 Å². The van der Waals surface area contributed by atoms with Crippen LogP contribution in [0.15, 0.2) is 12.1 Å². The first-order chi connectivity index (χ1) is 8.69. The average Bonchev–Trinajstić information content (AvgIpc) is 2.44. The first-order valence-electron chi connectivity index (χ1n) is 5.74. The van der Waals surface area contributed by atoms with Crippen molar-refractivity contribution in [3.8, 4) is 11.5 Å². The van der Waals surface area contributed by atoms with Gasteiger partial charge in [0.15, 0.2) is 11.5 Å². The van der Waals surface area contributed by atoms with E-state index in [1.165, 1.54) is 7.11 Å². The minimum absolute atomic E-state index is 0. The zero-order valence-electron chi connectivity index (χ0n) is 11.2. The van der Waals surface area contributed by atoms with Crippen molar-refractivity contribution in [1.29, 1.82) is 0 Å². The molecule has 0 aromatic heterocycles. The molecule has 1 aromatic carbocycles.